The Bertz CT molecular complexity index is 778. The molecule has 122 valence electrons. The number of nitrogens with zero attached hydrogens (tertiary/aromatic N) is 2. The zero-order valence-corrected chi connectivity index (χ0v) is 13.5. The van der Waals surface area contributed by atoms with E-state index in [1.165, 1.54) is 18.5 Å². The number of carbonyl (C=O) groups is 2. The maximum atomic E-state index is 12.3. The highest BCUT2D eigenvalue weighted by Crippen LogP contribution is 2.11. The molecule has 2 aromatic rings. The molecule has 2 amide bonds. The average molecular weight is 322 g/mol. The number of hydrogen-bond donors (Lipinski definition) is 2. The summed E-state index contributed by atoms with van der Waals surface area (Å²) in [6.07, 6.45) is 3.65. The van der Waals surface area contributed by atoms with Crippen molar-refractivity contribution in [2.24, 2.45) is 0 Å². The summed E-state index contributed by atoms with van der Waals surface area (Å²) in [5.41, 5.74) is 1.70. The fourth-order valence-electron chi connectivity index (χ4n) is 1.93. The molecular weight excluding hydrogens is 304 g/mol. The molecule has 6 nitrogen and oxygen atoms in total. The summed E-state index contributed by atoms with van der Waals surface area (Å²) in [6, 6.07) is 10.1. The number of pyridine rings is 1. The zero-order valence-electron chi connectivity index (χ0n) is 13.5. The highest BCUT2D eigenvalue weighted by Gasteiger charge is 2.13. The van der Waals surface area contributed by atoms with E-state index in [4.69, 9.17) is 5.26 Å². The van der Waals surface area contributed by atoms with Gasteiger partial charge in [0.2, 0.25) is 0 Å². The van der Waals surface area contributed by atoms with Crippen LogP contribution >= 0.6 is 0 Å². The first kappa shape index (κ1) is 17.2. The van der Waals surface area contributed by atoms with Gasteiger partial charge in [-0.05, 0) is 43.7 Å². The Kier molecular flexibility index (Phi) is 5.63. The SMILES string of the molecule is CCC(C)NC(=O)c1cncc(C(=O)Nc2ccc(C#N)cc2)c1. The topological polar surface area (TPSA) is 94.9 Å². The van der Waals surface area contributed by atoms with Gasteiger partial charge >= 0.3 is 0 Å². The first-order chi connectivity index (χ1) is 11.5. The predicted octanol–water partition coefficient (Wildman–Crippen LogP) is 2.73. The van der Waals surface area contributed by atoms with E-state index in [0.717, 1.165) is 6.42 Å². The lowest BCUT2D eigenvalue weighted by Crippen LogP contribution is -2.32. The Labute approximate surface area is 140 Å². The molecule has 0 spiro atoms. The first-order valence-electron chi connectivity index (χ1n) is 7.61. The molecule has 0 fully saturated rings. The molecular formula is C18H18N4O2. The molecule has 0 saturated carbocycles. The van der Waals surface area contributed by atoms with E-state index in [1.807, 2.05) is 19.9 Å². The van der Waals surface area contributed by atoms with E-state index in [1.54, 1.807) is 24.3 Å². The Hall–Kier alpha value is -3.20. The van der Waals surface area contributed by atoms with Gasteiger partial charge < -0.3 is 10.6 Å². The average Bonchev–Trinajstić information content (AvgIpc) is 2.62. The van der Waals surface area contributed by atoms with Crippen LogP contribution in [0, 0.1) is 11.3 Å². The monoisotopic (exact) mass is 322 g/mol. The predicted molar refractivity (Wildman–Crippen MR) is 90.6 cm³/mol. The maximum absolute atomic E-state index is 12.3. The molecule has 6 heteroatoms. The third-order valence-corrected chi connectivity index (χ3v) is 3.52. The van der Waals surface area contributed by atoms with Crippen molar-refractivity contribution in [1.82, 2.24) is 10.3 Å². The number of hydrogen-bond acceptors (Lipinski definition) is 4. The first-order valence-corrected chi connectivity index (χ1v) is 7.61. The van der Waals surface area contributed by atoms with Crippen LogP contribution in [0.2, 0.25) is 0 Å². The number of carbonyl (C=O) groups excluding carboxylic acids is 2. The van der Waals surface area contributed by atoms with Crippen molar-refractivity contribution in [2.45, 2.75) is 26.3 Å². The quantitative estimate of drug-likeness (QED) is 0.885. The van der Waals surface area contributed by atoms with Crippen LogP contribution in [0.25, 0.3) is 0 Å². The van der Waals surface area contributed by atoms with Crippen molar-refractivity contribution in [1.29, 1.82) is 5.26 Å². The molecule has 24 heavy (non-hydrogen) atoms. The summed E-state index contributed by atoms with van der Waals surface area (Å²) in [5, 5.41) is 14.3. The van der Waals surface area contributed by atoms with Gasteiger partial charge in [0, 0.05) is 24.1 Å². The molecule has 1 atom stereocenters. The second-order valence-electron chi connectivity index (χ2n) is 5.39. The van der Waals surface area contributed by atoms with Crippen LogP contribution in [-0.2, 0) is 0 Å². The van der Waals surface area contributed by atoms with Crippen molar-refractivity contribution >= 4 is 17.5 Å². The van der Waals surface area contributed by atoms with E-state index >= 15 is 0 Å². The largest absolute Gasteiger partial charge is 0.350 e. The summed E-state index contributed by atoms with van der Waals surface area (Å²) < 4.78 is 0. The number of amides is 2. The molecule has 0 aliphatic carbocycles. The number of aromatic nitrogens is 1. The molecule has 0 aliphatic heterocycles. The number of nitriles is 1. The lowest BCUT2D eigenvalue weighted by Gasteiger charge is -2.11. The molecule has 0 saturated heterocycles. The van der Waals surface area contributed by atoms with E-state index in [2.05, 4.69) is 15.6 Å². The smallest absolute Gasteiger partial charge is 0.257 e. The summed E-state index contributed by atoms with van der Waals surface area (Å²) >= 11 is 0. The molecule has 1 heterocycles. The minimum atomic E-state index is -0.370. The number of anilines is 1. The molecule has 1 aromatic heterocycles. The molecule has 0 radical (unpaired) electrons. The summed E-state index contributed by atoms with van der Waals surface area (Å²) in [6.45, 7) is 3.89. The number of rotatable bonds is 5. The molecule has 0 bridgehead atoms. The van der Waals surface area contributed by atoms with Crippen LogP contribution in [-0.4, -0.2) is 22.8 Å². The van der Waals surface area contributed by atoms with Crippen LogP contribution in [0.5, 0.6) is 0 Å². The highest BCUT2D eigenvalue weighted by atomic mass is 16.2. The van der Waals surface area contributed by atoms with Crippen LogP contribution < -0.4 is 10.6 Å². The van der Waals surface area contributed by atoms with Crippen molar-refractivity contribution < 1.29 is 9.59 Å². The van der Waals surface area contributed by atoms with Gasteiger partial charge in [-0.1, -0.05) is 6.92 Å². The van der Waals surface area contributed by atoms with Gasteiger partial charge in [-0.2, -0.15) is 5.26 Å². The Morgan fingerprint density at radius 2 is 1.79 bits per heavy atom. The van der Waals surface area contributed by atoms with Crippen molar-refractivity contribution in [3.05, 3.63) is 59.4 Å². The fourth-order valence-corrected chi connectivity index (χ4v) is 1.93. The minimum absolute atomic E-state index is 0.0497. The molecule has 1 unspecified atom stereocenters. The zero-order chi connectivity index (χ0) is 17.5. The van der Waals surface area contributed by atoms with Gasteiger partial charge in [-0.25, -0.2) is 0 Å². The third kappa shape index (κ3) is 4.40. The molecule has 1 aromatic carbocycles. The number of nitrogens with one attached hydrogen (secondary N) is 2. The maximum Gasteiger partial charge on any atom is 0.257 e. The molecule has 2 rings (SSSR count). The van der Waals surface area contributed by atoms with Gasteiger partial charge in [0.15, 0.2) is 0 Å². The van der Waals surface area contributed by atoms with Gasteiger partial charge in [0.05, 0.1) is 22.8 Å². The summed E-state index contributed by atoms with van der Waals surface area (Å²) in [5.74, 6) is -0.629. The molecule has 0 aliphatic rings. The number of benzene rings is 1. The standard InChI is InChI=1S/C18H18N4O2/c1-3-12(2)21-17(23)14-8-15(11-20-10-14)18(24)22-16-6-4-13(9-19)5-7-16/h4-8,10-12H,3H2,1-2H3,(H,21,23)(H,22,24). The fraction of sp³-hybridized carbons (Fsp3) is 0.222. The highest BCUT2D eigenvalue weighted by molar-refractivity contribution is 6.05. The Morgan fingerprint density at radius 3 is 2.38 bits per heavy atom. The Morgan fingerprint density at radius 1 is 1.17 bits per heavy atom. The van der Waals surface area contributed by atoms with Crippen molar-refractivity contribution in [3.8, 4) is 6.07 Å². The van der Waals surface area contributed by atoms with Gasteiger partial charge in [0.1, 0.15) is 0 Å². The lowest BCUT2D eigenvalue weighted by molar-refractivity contribution is 0.0939. The second-order valence-corrected chi connectivity index (χ2v) is 5.39. The van der Waals surface area contributed by atoms with Gasteiger partial charge in [-0.15, -0.1) is 0 Å². The normalized spacial score (nSPS) is 11.2. The Balaban J connectivity index is 2.10. The minimum Gasteiger partial charge on any atom is -0.350 e. The molecule has 2 N–H and O–H groups in total. The van der Waals surface area contributed by atoms with E-state index in [0.29, 0.717) is 16.8 Å². The van der Waals surface area contributed by atoms with Crippen LogP contribution in [0.4, 0.5) is 5.69 Å². The van der Waals surface area contributed by atoms with Gasteiger partial charge in [-0.3, -0.25) is 14.6 Å². The van der Waals surface area contributed by atoms with Crippen molar-refractivity contribution in [2.75, 3.05) is 5.32 Å². The van der Waals surface area contributed by atoms with Crippen LogP contribution in [0.3, 0.4) is 0 Å². The second kappa shape index (κ2) is 7.88. The third-order valence-electron chi connectivity index (χ3n) is 3.52. The van der Waals surface area contributed by atoms with Crippen LogP contribution in [0.1, 0.15) is 46.5 Å². The summed E-state index contributed by atoms with van der Waals surface area (Å²) in [4.78, 5) is 28.3. The van der Waals surface area contributed by atoms with Crippen LogP contribution in [0.15, 0.2) is 42.7 Å². The summed E-state index contributed by atoms with van der Waals surface area (Å²) in [7, 11) is 0. The lowest BCUT2D eigenvalue weighted by atomic mass is 10.1. The van der Waals surface area contributed by atoms with E-state index in [9.17, 15) is 9.59 Å². The van der Waals surface area contributed by atoms with Crippen molar-refractivity contribution in [3.63, 3.8) is 0 Å². The van der Waals surface area contributed by atoms with E-state index < -0.39 is 0 Å². The van der Waals surface area contributed by atoms with Gasteiger partial charge in [0.25, 0.3) is 11.8 Å². The van der Waals surface area contributed by atoms with E-state index in [-0.39, 0.29) is 23.4 Å².